The maximum Gasteiger partial charge on any atom is 0.302 e. The number of fused-ring (bicyclic) bond motifs is 3. The molecule has 1 saturated heterocycles. The summed E-state index contributed by atoms with van der Waals surface area (Å²) in [5, 5.41) is 9.07. The summed E-state index contributed by atoms with van der Waals surface area (Å²) in [6.07, 6.45) is 1.67. The molecule has 0 amide bonds. The molecule has 1 N–H and O–H groups in total. The number of ether oxygens (including phenoxy) is 2. The maximum atomic E-state index is 11.1. The molecule has 0 aromatic carbocycles. The highest BCUT2D eigenvalue weighted by Crippen LogP contribution is 2.46. The standard InChI is InChI=1S/C10H12N2O4/c1-10-4-6(5-13)15-8(10)12-3-2-7(14)11-9(12)16-10/h2-3,6,8,13H,4-5H2,1H3/t6-,8+,10-/m0/s1. The summed E-state index contributed by atoms with van der Waals surface area (Å²) in [7, 11) is 0. The Morgan fingerprint density at radius 1 is 1.75 bits per heavy atom. The Hall–Kier alpha value is -1.40. The zero-order chi connectivity index (χ0) is 11.3. The maximum absolute atomic E-state index is 11.1. The summed E-state index contributed by atoms with van der Waals surface area (Å²) in [6, 6.07) is 1.66. The normalized spacial score (nSPS) is 35.6. The van der Waals surface area contributed by atoms with Crippen molar-refractivity contribution in [3.8, 4) is 6.01 Å². The SMILES string of the molecule is C[C@]12C[C@@H](CO)O[C@H]1n1ccc(=O)nc1O2. The second-order valence-electron chi connectivity index (χ2n) is 4.37. The number of nitrogens with zero attached hydrogens (tertiary/aromatic N) is 2. The average Bonchev–Trinajstić information content (AvgIpc) is 2.67. The van der Waals surface area contributed by atoms with Crippen LogP contribution in [0.25, 0.3) is 0 Å². The van der Waals surface area contributed by atoms with Gasteiger partial charge < -0.3 is 14.6 Å². The van der Waals surface area contributed by atoms with Crippen LogP contribution in [0.2, 0.25) is 0 Å². The first kappa shape index (κ1) is 9.80. The number of aromatic nitrogens is 2. The van der Waals surface area contributed by atoms with Crippen LogP contribution in [0.4, 0.5) is 0 Å². The molecule has 16 heavy (non-hydrogen) atoms. The minimum Gasteiger partial charge on any atom is -0.453 e. The predicted octanol–water partition coefficient (Wildman–Crippen LogP) is -0.326. The lowest BCUT2D eigenvalue weighted by atomic mass is 10.0. The Labute approximate surface area is 91.4 Å². The van der Waals surface area contributed by atoms with Crippen molar-refractivity contribution in [1.29, 1.82) is 0 Å². The second kappa shape index (κ2) is 3.05. The third kappa shape index (κ3) is 1.20. The van der Waals surface area contributed by atoms with Gasteiger partial charge in [-0.3, -0.25) is 9.36 Å². The first-order chi connectivity index (χ1) is 7.62. The quantitative estimate of drug-likeness (QED) is 0.707. The number of hydrogen-bond donors (Lipinski definition) is 1. The summed E-state index contributed by atoms with van der Waals surface area (Å²) >= 11 is 0. The smallest absolute Gasteiger partial charge is 0.302 e. The van der Waals surface area contributed by atoms with Gasteiger partial charge in [0, 0.05) is 18.7 Å². The fourth-order valence-corrected chi connectivity index (χ4v) is 2.35. The topological polar surface area (TPSA) is 73.6 Å². The van der Waals surface area contributed by atoms with E-state index in [0.29, 0.717) is 6.42 Å². The van der Waals surface area contributed by atoms with Gasteiger partial charge in [0.25, 0.3) is 5.56 Å². The molecule has 0 aliphatic carbocycles. The molecule has 1 aromatic rings. The van der Waals surface area contributed by atoms with Crippen LogP contribution in [-0.2, 0) is 4.74 Å². The van der Waals surface area contributed by atoms with Crippen LogP contribution in [0, 0.1) is 0 Å². The molecule has 2 aliphatic rings. The van der Waals surface area contributed by atoms with Crippen molar-refractivity contribution < 1.29 is 14.6 Å². The highest BCUT2D eigenvalue weighted by atomic mass is 16.6. The van der Waals surface area contributed by atoms with E-state index in [1.807, 2.05) is 6.92 Å². The van der Waals surface area contributed by atoms with Gasteiger partial charge in [0.2, 0.25) is 0 Å². The van der Waals surface area contributed by atoms with Gasteiger partial charge in [0.05, 0.1) is 12.7 Å². The molecule has 0 radical (unpaired) electrons. The summed E-state index contributed by atoms with van der Waals surface area (Å²) < 4.78 is 13.0. The first-order valence-corrected chi connectivity index (χ1v) is 5.17. The minimum atomic E-state index is -0.540. The largest absolute Gasteiger partial charge is 0.453 e. The predicted molar refractivity (Wildman–Crippen MR) is 53.1 cm³/mol. The summed E-state index contributed by atoms with van der Waals surface area (Å²) in [4.78, 5) is 14.9. The summed E-state index contributed by atoms with van der Waals surface area (Å²) in [6.45, 7) is 1.87. The zero-order valence-corrected chi connectivity index (χ0v) is 8.79. The third-order valence-electron chi connectivity index (χ3n) is 3.06. The molecule has 1 fully saturated rings. The average molecular weight is 224 g/mol. The number of aliphatic hydroxyl groups is 1. The van der Waals surface area contributed by atoms with E-state index in [2.05, 4.69) is 4.98 Å². The lowest BCUT2D eigenvalue weighted by Crippen LogP contribution is -2.31. The highest BCUT2D eigenvalue weighted by molar-refractivity contribution is 5.13. The Morgan fingerprint density at radius 2 is 2.56 bits per heavy atom. The Kier molecular flexibility index (Phi) is 1.87. The Bertz CT molecular complexity index is 486. The van der Waals surface area contributed by atoms with E-state index in [-0.39, 0.29) is 30.5 Å². The number of rotatable bonds is 1. The van der Waals surface area contributed by atoms with Crippen LogP contribution in [-0.4, -0.2) is 33.0 Å². The van der Waals surface area contributed by atoms with Crippen LogP contribution in [0.5, 0.6) is 6.01 Å². The van der Waals surface area contributed by atoms with Crippen molar-refractivity contribution >= 4 is 0 Å². The van der Waals surface area contributed by atoms with Gasteiger partial charge in [-0.15, -0.1) is 0 Å². The van der Waals surface area contributed by atoms with E-state index < -0.39 is 5.60 Å². The van der Waals surface area contributed by atoms with Crippen molar-refractivity contribution in [2.45, 2.75) is 31.3 Å². The molecule has 1 aromatic heterocycles. The molecule has 6 heteroatoms. The molecule has 2 aliphatic heterocycles. The molecule has 0 spiro atoms. The van der Waals surface area contributed by atoms with Gasteiger partial charge in [0.15, 0.2) is 11.8 Å². The third-order valence-corrected chi connectivity index (χ3v) is 3.06. The molecule has 6 nitrogen and oxygen atoms in total. The first-order valence-electron chi connectivity index (χ1n) is 5.17. The van der Waals surface area contributed by atoms with Crippen LogP contribution in [0.1, 0.15) is 19.6 Å². The minimum absolute atomic E-state index is 0.0294. The van der Waals surface area contributed by atoms with Gasteiger partial charge >= 0.3 is 6.01 Å². The van der Waals surface area contributed by atoms with E-state index >= 15 is 0 Å². The van der Waals surface area contributed by atoms with Crippen molar-refractivity contribution in [3.05, 3.63) is 22.6 Å². The van der Waals surface area contributed by atoms with Crippen molar-refractivity contribution in [3.63, 3.8) is 0 Å². The van der Waals surface area contributed by atoms with Crippen LogP contribution >= 0.6 is 0 Å². The number of hydrogen-bond acceptors (Lipinski definition) is 5. The molecule has 0 saturated carbocycles. The highest BCUT2D eigenvalue weighted by Gasteiger charge is 2.53. The zero-order valence-electron chi connectivity index (χ0n) is 8.79. The molecular weight excluding hydrogens is 212 g/mol. The molecular formula is C10H12N2O4. The van der Waals surface area contributed by atoms with Crippen molar-refractivity contribution in [2.75, 3.05) is 6.61 Å². The monoisotopic (exact) mass is 224 g/mol. The van der Waals surface area contributed by atoms with E-state index in [0.717, 1.165) is 0 Å². The van der Waals surface area contributed by atoms with Crippen molar-refractivity contribution in [2.24, 2.45) is 0 Å². The van der Waals surface area contributed by atoms with E-state index in [4.69, 9.17) is 14.6 Å². The van der Waals surface area contributed by atoms with E-state index in [1.165, 1.54) is 6.07 Å². The van der Waals surface area contributed by atoms with Gasteiger partial charge in [-0.2, -0.15) is 4.98 Å². The lowest BCUT2D eigenvalue weighted by molar-refractivity contribution is -0.0448. The van der Waals surface area contributed by atoms with Gasteiger partial charge in [-0.1, -0.05) is 0 Å². The molecule has 3 heterocycles. The number of aliphatic hydroxyl groups excluding tert-OH is 1. The second-order valence-corrected chi connectivity index (χ2v) is 4.37. The molecule has 3 rings (SSSR count). The Morgan fingerprint density at radius 3 is 3.31 bits per heavy atom. The molecule has 0 unspecified atom stereocenters. The lowest BCUT2D eigenvalue weighted by Gasteiger charge is -2.19. The van der Waals surface area contributed by atoms with E-state index in [9.17, 15) is 4.79 Å². The van der Waals surface area contributed by atoms with E-state index in [1.54, 1.807) is 10.8 Å². The van der Waals surface area contributed by atoms with Crippen LogP contribution in [0.3, 0.4) is 0 Å². The fourth-order valence-electron chi connectivity index (χ4n) is 2.35. The van der Waals surface area contributed by atoms with Crippen molar-refractivity contribution in [1.82, 2.24) is 9.55 Å². The van der Waals surface area contributed by atoms with Gasteiger partial charge in [0.1, 0.15) is 0 Å². The molecule has 86 valence electrons. The fraction of sp³-hybridized carbons (Fsp3) is 0.600. The van der Waals surface area contributed by atoms with Crippen LogP contribution < -0.4 is 10.3 Å². The summed E-state index contributed by atoms with van der Waals surface area (Å²) in [5.41, 5.74) is -0.866. The Balaban J connectivity index is 2.03. The molecule has 0 bridgehead atoms. The summed E-state index contributed by atoms with van der Waals surface area (Å²) in [5.74, 6) is 0. The van der Waals surface area contributed by atoms with Gasteiger partial charge in [-0.25, -0.2) is 0 Å². The molecule has 3 atom stereocenters. The van der Waals surface area contributed by atoms with Gasteiger partial charge in [-0.05, 0) is 6.92 Å². The van der Waals surface area contributed by atoms with Crippen LogP contribution in [0.15, 0.2) is 17.1 Å².